The van der Waals surface area contributed by atoms with Crippen LogP contribution in [0.25, 0.3) is 5.52 Å². The Morgan fingerprint density at radius 1 is 1.27 bits per heavy atom. The number of ether oxygens (including phenoxy) is 4. The highest BCUT2D eigenvalue weighted by atomic mass is 16.6. The number of anilines is 1. The monoisotopic (exact) mass is 614 g/mol. The number of esters is 2. The second-order valence-electron chi connectivity index (χ2n) is 12.3. The number of rotatable bonds is 11. The van der Waals surface area contributed by atoms with Crippen molar-refractivity contribution in [1.29, 1.82) is 5.26 Å². The van der Waals surface area contributed by atoms with Crippen LogP contribution in [-0.2, 0) is 38.9 Å². The highest BCUT2D eigenvalue weighted by molar-refractivity contribution is 5.98. The number of amides is 1. The van der Waals surface area contributed by atoms with Gasteiger partial charge in [0, 0.05) is 13.5 Å². The fourth-order valence-corrected chi connectivity index (χ4v) is 5.45. The van der Waals surface area contributed by atoms with Crippen LogP contribution in [0.5, 0.6) is 0 Å². The standard InChI is InChI=1S/C30H42N6O8/c1-17(2)23(32)27(39)43-24-20(14-42-22(37)13-18-9-7-6-8-10-18)44-30(15-31,25(24)38)21-12-11-19-26(33-16-34-36(19)21)35-28(40)29(3,4)41-5/h11-12,16-18,20,23-25,38H,6-10,13-14,32H2,1-5H3,(H,33,34,35,40)/t20-,23-,24-,25-,30+/m1/s1. The molecule has 44 heavy (non-hydrogen) atoms. The maximum Gasteiger partial charge on any atom is 0.323 e. The molecule has 240 valence electrons. The number of hydrogen-bond donors (Lipinski definition) is 3. The van der Waals surface area contributed by atoms with Crippen molar-refractivity contribution >= 4 is 29.2 Å². The predicted molar refractivity (Wildman–Crippen MR) is 156 cm³/mol. The van der Waals surface area contributed by atoms with Gasteiger partial charge in [0.05, 0.1) is 5.69 Å². The first-order chi connectivity index (χ1) is 20.8. The molecule has 5 atom stereocenters. The van der Waals surface area contributed by atoms with Gasteiger partial charge in [-0.15, -0.1) is 0 Å². The molecule has 1 saturated heterocycles. The number of nitrogens with two attached hydrogens (primary N) is 1. The molecule has 3 heterocycles. The Hall–Kier alpha value is -3.64. The van der Waals surface area contributed by atoms with Crippen LogP contribution in [0, 0.1) is 23.2 Å². The van der Waals surface area contributed by atoms with Crippen molar-refractivity contribution in [1.82, 2.24) is 14.6 Å². The number of aliphatic hydroxyl groups excluding tert-OH is 1. The number of hydrogen-bond acceptors (Lipinski definition) is 12. The van der Waals surface area contributed by atoms with E-state index in [0.717, 1.165) is 32.1 Å². The molecule has 0 radical (unpaired) electrons. The van der Waals surface area contributed by atoms with Gasteiger partial charge in [-0.1, -0.05) is 33.1 Å². The molecule has 14 nitrogen and oxygen atoms in total. The Bertz CT molecular complexity index is 1400. The minimum atomic E-state index is -2.11. The SMILES string of the molecule is COC(C)(C)C(=O)Nc1ncnn2c([C@]3(C#N)O[C@H](COC(=O)CC4CCCCC4)[C@@H](OC(=O)[C@H](N)C(C)C)[C@H]3O)ccc12. The average molecular weight is 615 g/mol. The lowest BCUT2D eigenvalue weighted by atomic mass is 9.87. The third-order valence-electron chi connectivity index (χ3n) is 8.55. The highest BCUT2D eigenvalue weighted by Crippen LogP contribution is 2.42. The molecule has 0 bridgehead atoms. The summed E-state index contributed by atoms with van der Waals surface area (Å²) in [6.07, 6.45) is 2.29. The van der Waals surface area contributed by atoms with E-state index in [1.807, 2.05) is 6.07 Å². The second-order valence-corrected chi connectivity index (χ2v) is 12.3. The summed E-state index contributed by atoms with van der Waals surface area (Å²) >= 11 is 0. The molecule has 2 aromatic heterocycles. The molecule has 0 unspecified atom stereocenters. The van der Waals surface area contributed by atoms with Crippen LogP contribution in [0.2, 0.25) is 0 Å². The van der Waals surface area contributed by atoms with Gasteiger partial charge in [-0.2, -0.15) is 10.4 Å². The van der Waals surface area contributed by atoms with E-state index in [-0.39, 0.29) is 36.4 Å². The maximum absolute atomic E-state index is 12.9. The van der Waals surface area contributed by atoms with Crippen molar-refractivity contribution in [2.75, 3.05) is 19.0 Å². The van der Waals surface area contributed by atoms with Crippen molar-refractivity contribution in [2.24, 2.45) is 17.6 Å². The molecular weight excluding hydrogens is 572 g/mol. The van der Waals surface area contributed by atoms with Crippen molar-refractivity contribution in [3.63, 3.8) is 0 Å². The molecule has 2 aromatic rings. The Kier molecular flexibility index (Phi) is 10.2. The van der Waals surface area contributed by atoms with E-state index < -0.39 is 53.4 Å². The number of nitrogens with one attached hydrogen (secondary N) is 1. The van der Waals surface area contributed by atoms with Gasteiger partial charge in [-0.05, 0) is 50.7 Å². The number of methoxy groups -OCH3 is 1. The fourth-order valence-electron chi connectivity index (χ4n) is 5.45. The average Bonchev–Trinajstić information content (AvgIpc) is 3.56. The van der Waals surface area contributed by atoms with E-state index in [2.05, 4.69) is 15.4 Å². The molecular formula is C30H42N6O8. The molecule has 1 amide bonds. The third-order valence-corrected chi connectivity index (χ3v) is 8.55. The summed E-state index contributed by atoms with van der Waals surface area (Å²) in [5, 5.41) is 29.0. The Morgan fingerprint density at radius 2 is 1.98 bits per heavy atom. The second kappa shape index (κ2) is 13.6. The first-order valence-electron chi connectivity index (χ1n) is 14.9. The number of nitrogens with zero attached hydrogens (tertiary/aromatic N) is 4. The quantitative estimate of drug-likeness (QED) is 0.311. The number of carbonyl (C=O) groups excluding carboxylic acids is 3. The zero-order valence-electron chi connectivity index (χ0n) is 25.8. The molecule has 1 aliphatic carbocycles. The smallest absolute Gasteiger partial charge is 0.323 e. The van der Waals surface area contributed by atoms with Crippen molar-refractivity contribution < 1.29 is 38.4 Å². The number of aromatic nitrogens is 3. The normalized spacial score (nSPS) is 25.0. The molecule has 1 saturated carbocycles. The van der Waals surface area contributed by atoms with E-state index in [1.54, 1.807) is 33.8 Å². The lowest BCUT2D eigenvalue weighted by Crippen LogP contribution is -2.46. The summed E-state index contributed by atoms with van der Waals surface area (Å²) in [4.78, 5) is 42.6. The molecule has 1 aliphatic heterocycles. The zero-order chi connectivity index (χ0) is 32.2. The summed E-state index contributed by atoms with van der Waals surface area (Å²) < 4.78 is 23.9. The summed E-state index contributed by atoms with van der Waals surface area (Å²) in [7, 11) is 1.40. The molecule has 2 aliphatic rings. The van der Waals surface area contributed by atoms with Crippen LogP contribution >= 0.6 is 0 Å². The van der Waals surface area contributed by atoms with Crippen molar-refractivity contribution in [3.05, 3.63) is 24.2 Å². The van der Waals surface area contributed by atoms with Gasteiger partial charge >= 0.3 is 11.9 Å². The van der Waals surface area contributed by atoms with E-state index in [9.17, 15) is 24.8 Å². The number of carbonyl (C=O) groups is 3. The van der Waals surface area contributed by atoms with Gasteiger partial charge < -0.3 is 35.1 Å². The molecule has 4 N–H and O–H groups in total. The van der Waals surface area contributed by atoms with Crippen LogP contribution < -0.4 is 11.1 Å². The highest BCUT2D eigenvalue weighted by Gasteiger charge is 2.60. The van der Waals surface area contributed by atoms with Gasteiger partial charge in [-0.3, -0.25) is 14.4 Å². The first kappa shape index (κ1) is 33.3. The minimum absolute atomic E-state index is 0.0802. The Balaban J connectivity index is 1.64. The van der Waals surface area contributed by atoms with Crippen molar-refractivity contribution in [3.8, 4) is 6.07 Å². The summed E-state index contributed by atoms with van der Waals surface area (Å²) in [6.45, 7) is 6.30. The number of aliphatic hydroxyl groups is 1. The third kappa shape index (κ3) is 6.71. The van der Waals surface area contributed by atoms with E-state index >= 15 is 0 Å². The summed E-state index contributed by atoms with van der Waals surface area (Å²) in [5.74, 6) is -1.61. The molecule has 4 rings (SSSR count). The fraction of sp³-hybridized carbons (Fsp3) is 0.667. The van der Waals surface area contributed by atoms with Gasteiger partial charge in [0.2, 0.25) is 5.60 Å². The van der Waals surface area contributed by atoms with Crippen LogP contribution in [-0.4, -0.2) is 81.2 Å². The predicted octanol–water partition coefficient (Wildman–Crippen LogP) is 1.98. The minimum Gasteiger partial charge on any atom is -0.463 e. The van der Waals surface area contributed by atoms with Crippen LogP contribution in [0.1, 0.15) is 71.9 Å². The van der Waals surface area contributed by atoms with Gasteiger partial charge in [-0.25, -0.2) is 9.50 Å². The zero-order valence-corrected chi connectivity index (χ0v) is 25.8. The van der Waals surface area contributed by atoms with Crippen LogP contribution in [0.4, 0.5) is 5.82 Å². The molecule has 14 heteroatoms. The van der Waals surface area contributed by atoms with Gasteiger partial charge in [0.15, 0.2) is 11.9 Å². The molecule has 2 fully saturated rings. The van der Waals surface area contributed by atoms with Crippen molar-refractivity contribution in [2.45, 2.75) is 102 Å². The lowest BCUT2D eigenvalue weighted by molar-refractivity contribution is -0.162. The summed E-state index contributed by atoms with van der Waals surface area (Å²) in [6, 6.07) is 4.07. The van der Waals surface area contributed by atoms with E-state index in [4.69, 9.17) is 24.7 Å². The maximum atomic E-state index is 12.9. The largest absolute Gasteiger partial charge is 0.463 e. The lowest BCUT2D eigenvalue weighted by Gasteiger charge is -2.26. The first-order valence-corrected chi connectivity index (χ1v) is 14.9. The molecule has 0 spiro atoms. The van der Waals surface area contributed by atoms with Gasteiger partial charge in [0.1, 0.15) is 48.4 Å². The van der Waals surface area contributed by atoms with Crippen LogP contribution in [0.3, 0.4) is 0 Å². The Morgan fingerprint density at radius 3 is 2.61 bits per heavy atom. The number of nitriles is 1. The van der Waals surface area contributed by atoms with Crippen LogP contribution in [0.15, 0.2) is 18.5 Å². The van der Waals surface area contributed by atoms with E-state index in [0.29, 0.717) is 5.52 Å². The molecule has 0 aromatic carbocycles. The van der Waals surface area contributed by atoms with E-state index in [1.165, 1.54) is 24.0 Å². The Labute approximate surface area is 256 Å². The number of fused-ring (bicyclic) bond motifs is 1. The van der Waals surface area contributed by atoms with Gasteiger partial charge in [0.25, 0.3) is 5.91 Å². The summed E-state index contributed by atoms with van der Waals surface area (Å²) in [5.41, 5.74) is 3.12. The topological polar surface area (TPSA) is 200 Å².